The van der Waals surface area contributed by atoms with E-state index in [4.69, 9.17) is 5.11 Å². The Morgan fingerprint density at radius 2 is 2.05 bits per heavy atom. The minimum absolute atomic E-state index is 0.0550. The lowest BCUT2D eigenvalue weighted by atomic mass is 10.2. The summed E-state index contributed by atoms with van der Waals surface area (Å²) in [6, 6.07) is 9.76. The standard InChI is InChI=1S/C16H21N3O2/c1-13(2)18(9-6-10-20)16(21)14-11-17-19(12-14)15-7-4-3-5-8-15/h3-5,7-8,11-13,20H,6,9-10H2,1-2H3. The normalized spacial score (nSPS) is 10.9. The summed E-state index contributed by atoms with van der Waals surface area (Å²) in [5.41, 5.74) is 1.48. The lowest BCUT2D eigenvalue weighted by Gasteiger charge is -2.26. The van der Waals surface area contributed by atoms with E-state index in [1.165, 1.54) is 0 Å². The molecular weight excluding hydrogens is 266 g/mol. The van der Waals surface area contributed by atoms with Crippen LogP contribution in [0.25, 0.3) is 5.69 Å². The Bertz CT molecular complexity index is 578. The summed E-state index contributed by atoms with van der Waals surface area (Å²) in [6.45, 7) is 4.57. The highest BCUT2D eigenvalue weighted by Gasteiger charge is 2.19. The van der Waals surface area contributed by atoms with Crippen molar-refractivity contribution in [3.8, 4) is 5.69 Å². The van der Waals surface area contributed by atoms with Crippen molar-refractivity contribution in [2.24, 2.45) is 0 Å². The van der Waals surface area contributed by atoms with Gasteiger partial charge in [0.25, 0.3) is 5.91 Å². The van der Waals surface area contributed by atoms with Crippen molar-refractivity contribution in [1.82, 2.24) is 14.7 Å². The first kappa shape index (κ1) is 15.3. The predicted octanol–water partition coefficient (Wildman–Crippen LogP) is 2.11. The van der Waals surface area contributed by atoms with Crippen LogP contribution in [-0.4, -0.2) is 44.9 Å². The molecule has 0 atom stereocenters. The Balaban J connectivity index is 2.17. The molecule has 5 nitrogen and oxygen atoms in total. The van der Waals surface area contributed by atoms with E-state index in [9.17, 15) is 4.79 Å². The molecule has 0 fully saturated rings. The Morgan fingerprint density at radius 1 is 1.33 bits per heavy atom. The Labute approximate surface area is 124 Å². The fraction of sp³-hybridized carbons (Fsp3) is 0.375. The largest absolute Gasteiger partial charge is 0.396 e. The molecule has 112 valence electrons. The summed E-state index contributed by atoms with van der Waals surface area (Å²) in [6.07, 6.45) is 3.91. The molecular formula is C16H21N3O2. The number of amides is 1. The first-order chi connectivity index (χ1) is 10.1. The zero-order valence-corrected chi connectivity index (χ0v) is 12.4. The van der Waals surface area contributed by atoms with Crippen LogP contribution in [0.3, 0.4) is 0 Å². The highest BCUT2D eigenvalue weighted by Crippen LogP contribution is 2.12. The van der Waals surface area contributed by atoms with E-state index in [-0.39, 0.29) is 18.6 Å². The third-order valence-corrected chi connectivity index (χ3v) is 3.29. The van der Waals surface area contributed by atoms with Crippen LogP contribution < -0.4 is 0 Å². The van der Waals surface area contributed by atoms with Gasteiger partial charge >= 0.3 is 0 Å². The van der Waals surface area contributed by atoms with Gasteiger partial charge < -0.3 is 10.0 Å². The van der Waals surface area contributed by atoms with Crippen molar-refractivity contribution >= 4 is 5.91 Å². The molecule has 0 bridgehead atoms. The monoisotopic (exact) mass is 287 g/mol. The quantitative estimate of drug-likeness (QED) is 0.885. The molecule has 1 aromatic carbocycles. The second kappa shape index (κ2) is 7.04. The molecule has 1 heterocycles. The third kappa shape index (κ3) is 3.70. The minimum atomic E-state index is -0.0550. The average Bonchev–Trinajstić information content (AvgIpc) is 2.98. The van der Waals surface area contributed by atoms with Crippen molar-refractivity contribution in [2.45, 2.75) is 26.3 Å². The SMILES string of the molecule is CC(C)N(CCCO)C(=O)c1cnn(-c2ccccc2)c1. The van der Waals surface area contributed by atoms with Gasteiger partial charge in [-0.3, -0.25) is 4.79 Å². The van der Waals surface area contributed by atoms with E-state index in [1.54, 1.807) is 22.0 Å². The van der Waals surface area contributed by atoms with Crippen LogP contribution in [0.5, 0.6) is 0 Å². The first-order valence-corrected chi connectivity index (χ1v) is 7.15. The highest BCUT2D eigenvalue weighted by atomic mass is 16.3. The van der Waals surface area contributed by atoms with Crippen molar-refractivity contribution in [2.75, 3.05) is 13.2 Å². The molecule has 0 aliphatic rings. The number of hydrogen-bond acceptors (Lipinski definition) is 3. The van der Waals surface area contributed by atoms with Crippen LogP contribution in [0, 0.1) is 0 Å². The third-order valence-electron chi connectivity index (χ3n) is 3.29. The van der Waals surface area contributed by atoms with Crippen LogP contribution in [0.4, 0.5) is 0 Å². The summed E-state index contributed by atoms with van der Waals surface area (Å²) in [4.78, 5) is 14.3. The summed E-state index contributed by atoms with van der Waals surface area (Å²) in [5.74, 6) is -0.0550. The van der Waals surface area contributed by atoms with Crippen molar-refractivity contribution < 1.29 is 9.90 Å². The van der Waals surface area contributed by atoms with Gasteiger partial charge in [-0.05, 0) is 32.4 Å². The van der Waals surface area contributed by atoms with Gasteiger partial charge in [0.1, 0.15) is 0 Å². The minimum Gasteiger partial charge on any atom is -0.396 e. The zero-order valence-electron chi connectivity index (χ0n) is 12.4. The summed E-state index contributed by atoms with van der Waals surface area (Å²) >= 11 is 0. The average molecular weight is 287 g/mol. The second-order valence-electron chi connectivity index (χ2n) is 5.18. The van der Waals surface area contributed by atoms with E-state index in [0.29, 0.717) is 18.5 Å². The molecule has 1 N–H and O–H groups in total. The second-order valence-corrected chi connectivity index (χ2v) is 5.18. The number of rotatable bonds is 6. The highest BCUT2D eigenvalue weighted by molar-refractivity contribution is 5.94. The summed E-state index contributed by atoms with van der Waals surface area (Å²) in [5, 5.41) is 13.2. The fourth-order valence-electron chi connectivity index (χ4n) is 2.16. The lowest BCUT2D eigenvalue weighted by molar-refractivity contribution is 0.0693. The number of aliphatic hydroxyl groups is 1. The maximum absolute atomic E-state index is 12.5. The lowest BCUT2D eigenvalue weighted by Crippen LogP contribution is -2.37. The number of para-hydroxylation sites is 1. The summed E-state index contributed by atoms with van der Waals surface area (Å²) in [7, 11) is 0. The molecule has 1 amide bonds. The van der Waals surface area contributed by atoms with Crippen LogP contribution in [-0.2, 0) is 0 Å². The van der Waals surface area contributed by atoms with Gasteiger partial charge in [0.05, 0.1) is 17.4 Å². The molecule has 0 spiro atoms. The van der Waals surface area contributed by atoms with Crippen molar-refractivity contribution in [3.05, 3.63) is 48.3 Å². The number of carbonyl (C=O) groups excluding carboxylic acids is 1. The van der Waals surface area contributed by atoms with Gasteiger partial charge in [0, 0.05) is 25.4 Å². The Hall–Kier alpha value is -2.14. The molecule has 0 unspecified atom stereocenters. The number of aliphatic hydroxyl groups excluding tert-OH is 1. The van der Waals surface area contributed by atoms with Gasteiger partial charge in [-0.25, -0.2) is 4.68 Å². The molecule has 0 radical (unpaired) electrons. The van der Waals surface area contributed by atoms with E-state index in [0.717, 1.165) is 5.69 Å². The van der Waals surface area contributed by atoms with E-state index >= 15 is 0 Å². The van der Waals surface area contributed by atoms with Gasteiger partial charge in [-0.15, -0.1) is 0 Å². The van der Waals surface area contributed by atoms with Crippen LogP contribution in [0.15, 0.2) is 42.7 Å². The molecule has 2 rings (SSSR count). The maximum Gasteiger partial charge on any atom is 0.257 e. The van der Waals surface area contributed by atoms with Gasteiger partial charge in [-0.2, -0.15) is 5.10 Å². The van der Waals surface area contributed by atoms with E-state index in [1.807, 2.05) is 44.2 Å². The molecule has 0 saturated carbocycles. The molecule has 21 heavy (non-hydrogen) atoms. The first-order valence-electron chi connectivity index (χ1n) is 7.15. The molecule has 5 heteroatoms. The number of nitrogens with zero attached hydrogens (tertiary/aromatic N) is 3. The van der Waals surface area contributed by atoms with Crippen molar-refractivity contribution in [3.63, 3.8) is 0 Å². The topological polar surface area (TPSA) is 58.4 Å². The smallest absolute Gasteiger partial charge is 0.257 e. The molecule has 0 aliphatic carbocycles. The van der Waals surface area contributed by atoms with E-state index < -0.39 is 0 Å². The number of carbonyl (C=O) groups is 1. The molecule has 0 saturated heterocycles. The van der Waals surface area contributed by atoms with Gasteiger partial charge in [0.15, 0.2) is 0 Å². The van der Waals surface area contributed by atoms with Crippen LogP contribution in [0.1, 0.15) is 30.6 Å². The number of benzene rings is 1. The van der Waals surface area contributed by atoms with Crippen LogP contribution in [0.2, 0.25) is 0 Å². The van der Waals surface area contributed by atoms with Crippen molar-refractivity contribution in [1.29, 1.82) is 0 Å². The summed E-state index contributed by atoms with van der Waals surface area (Å²) < 4.78 is 1.69. The van der Waals surface area contributed by atoms with E-state index in [2.05, 4.69) is 5.10 Å². The Kier molecular flexibility index (Phi) is 5.11. The molecule has 2 aromatic rings. The number of aromatic nitrogens is 2. The molecule has 1 aromatic heterocycles. The fourth-order valence-corrected chi connectivity index (χ4v) is 2.16. The maximum atomic E-state index is 12.5. The molecule has 0 aliphatic heterocycles. The Morgan fingerprint density at radius 3 is 2.67 bits per heavy atom. The number of hydrogen-bond donors (Lipinski definition) is 1. The van der Waals surface area contributed by atoms with Gasteiger partial charge in [0.2, 0.25) is 0 Å². The van der Waals surface area contributed by atoms with Crippen LogP contribution >= 0.6 is 0 Å². The predicted molar refractivity (Wildman–Crippen MR) is 81.4 cm³/mol. The zero-order chi connectivity index (χ0) is 15.2. The van der Waals surface area contributed by atoms with Gasteiger partial charge in [-0.1, -0.05) is 18.2 Å².